The van der Waals surface area contributed by atoms with Gasteiger partial charge >= 0.3 is 0 Å². The fourth-order valence-corrected chi connectivity index (χ4v) is 4.62. The third-order valence-electron chi connectivity index (χ3n) is 4.94. The van der Waals surface area contributed by atoms with Crippen molar-refractivity contribution in [2.75, 3.05) is 19.8 Å². The zero-order chi connectivity index (χ0) is 19.7. The maximum absolute atomic E-state index is 13.3. The molecule has 0 aliphatic carbocycles. The van der Waals surface area contributed by atoms with Gasteiger partial charge in [-0.3, -0.25) is 19.9 Å². The molecule has 0 spiro atoms. The lowest BCUT2D eigenvalue weighted by atomic mass is 10.0. The number of amides is 1. The summed E-state index contributed by atoms with van der Waals surface area (Å²) in [5.74, 6) is 0.756. The Balaban J connectivity index is 1.60. The van der Waals surface area contributed by atoms with Gasteiger partial charge in [-0.25, -0.2) is 0 Å². The number of rotatable bonds is 5. The second-order valence-corrected chi connectivity index (χ2v) is 8.20. The first-order valence-corrected chi connectivity index (χ1v) is 10.2. The Morgan fingerprint density at radius 3 is 2.82 bits per heavy atom. The van der Waals surface area contributed by atoms with Gasteiger partial charge in [0.15, 0.2) is 5.78 Å². The highest BCUT2D eigenvalue weighted by Gasteiger charge is 2.32. The topological polar surface area (TPSA) is 67.2 Å². The average Bonchev–Trinajstić information content (AvgIpc) is 3.34. The zero-order valence-electron chi connectivity index (χ0n) is 15.8. The van der Waals surface area contributed by atoms with Crippen molar-refractivity contribution in [3.8, 4) is 0 Å². The molecule has 3 aromatic rings. The second-order valence-electron chi connectivity index (χ2n) is 7.06. The molecule has 0 radical (unpaired) electrons. The van der Waals surface area contributed by atoms with Gasteiger partial charge in [0.25, 0.3) is 0 Å². The lowest BCUT2D eigenvalue weighted by Gasteiger charge is -2.12. The van der Waals surface area contributed by atoms with E-state index >= 15 is 0 Å². The summed E-state index contributed by atoms with van der Waals surface area (Å²) in [5, 5.41) is 4.37. The summed E-state index contributed by atoms with van der Waals surface area (Å²) in [6, 6.07) is 11.4. The van der Waals surface area contributed by atoms with Crippen molar-refractivity contribution in [2.45, 2.75) is 18.0 Å². The number of Topliss-reactive ketones (excluding diaryl/α,β-unsaturated/α-hetero) is 1. The number of nitrogens with one attached hydrogen (secondary N) is 1. The molecule has 7 heteroatoms. The molecule has 0 bridgehead atoms. The van der Waals surface area contributed by atoms with Crippen LogP contribution in [0.15, 0.2) is 55.0 Å². The van der Waals surface area contributed by atoms with E-state index in [1.54, 1.807) is 37.0 Å². The number of hydrogen-bond donors (Lipinski definition) is 1. The summed E-state index contributed by atoms with van der Waals surface area (Å²) in [4.78, 5) is 31.2. The molecular formula is C21H22N4O2S. The van der Waals surface area contributed by atoms with Crippen LogP contribution < -0.4 is 5.32 Å². The van der Waals surface area contributed by atoms with Gasteiger partial charge in [0, 0.05) is 54.9 Å². The Morgan fingerprint density at radius 1 is 1.25 bits per heavy atom. The second kappa shape index (κ2) is 7.77. The Hall–Kier alpha value is -2.64. The maximum Gasteiger partial charge on any atom is 0.241 e. The van der Waals surface area contributed by atoms with Gasteiger partial charge in [-0.05, 0) is 17.7 Å². The minimum absolute atomic E-state index is 0.00839. The zero-order valence-corrected chi connectivity index (χ0v) is 16.6. The number of thioether (sulfide) groups is 1. The predicted octanol–water partition coefficient (Wildman–Crippen LogP) is 2.71. The molecule has 144 valence electrons. The van der Waals surface area contributed by atoms with Crippen LogP contribution in [0.5, 0.6) is 0 Å². The Labute approximate surface area is 167 Å². The SMILES string of the molecule is CN(C)C(=O)Cn1cc(C(=O)C2CSC(c3cccnc3)N2)c2ccccc21. The molecule has 2 unspecified atom stereocenters. The molecule has 0 saturated carbocycles. The van der Waals surface area contributed by atoms with E-state index in [-0.39, 0.29) is 29.7 Å². The van der Waals surface area contributed by atoms with Crippen molar-refractivity contribution < 1.29 is 9.59 Å². The summed E-state index contributed by atoms with van der Waals surface area (Å²) in [7, 11) is 3.47. The number of para-hydroxylation sites is 1. The smallest absolute Gasteiger partial charge is 0.241 e. The normalized spacial score (nSPS) is 19.1. The molecule has 1 aromatic carbocycles. The van der Waals surface area contributed by atoms with Crippen LogP contribution >= 0.6 is 11.8 Å². The number of aromatic nitrogens is 2. The molecule has 1 saturated heterocycles. The predicted molar refractivity (Wildman–Crippen MR) is 111 cm³/mol. The number of fused-ring (bicyclic) bond motifs is 1. The fourth-order valence-electron chi connectivity index (χ4n) is 3.40. The standard InChI is InChI=1S/C21H22N4O2S/c1-24(2)19(26)12-25-11-16(15-7-3-4-8-18(15)25)20(27)17-13-28-21(23-17)14-6-5-9-22-10-14/h3-11,17,21,23H,12-13H2,1-2H3. The van der Waals surface area contributed by atoms with Crippen LogP contribution in [0.4, 0.5) is 0 Å². The van der Waals surface area contributed by atoms with Gasteiger partial charge in [-0.15, -0.1) is 11.8 Å². The van der Waals surface area contributed by atoms with Gasteiger partial charge < -0.3 is 9.47 Å². The highest BCUT2D eigenvalue weighted by Crippen LogP contribution is 2.34. The number of benzene rings is 1. The van der Waals surface area contributed by atoms with Crippen LogP contribution in [-0.2, 0) is 11.3 Å². The van der Waals surface area contributed by atoms with Gasteiger partial charge in [-0.2, -0.15) is 0 Å². The number of carbonyl (C=O) groups is 2. The maximum atomic E-state index is 13.3. The third-order valence-corrected chi connectivity index (χ3v) is 6.21. The summed E-state index contributed by atoms with van der Waals surface area (Å²) in [6.45, 7) is 0.214. The molecule has 1 aliphatic heterocycles. The van der Waals surface area contributed by atoms with Crippen LogP contribution in [0.2, 0.25) is 0 Å². The quantitative estimate of drug-likeness (QED) is 0.674. The van der Waals surface area contributed by atoms with Crippen molar-refractivity contribution in [1.82, 2.24) is 19.8 Å². The number of hydrogen-bond acceptors (Lipinski definition) is 5. The van der Waals surface area contributed by atoms with Crippen molar-refractivity contribution in [3.63, 3.8) is 0 Å². The number of nitrogens with zero attached hydrogens (tertiary/aromatic N) is 3. The summed E-state index contributed by atoms with van der Waals surface area (Å²) >= 11 is 1.71. The summed E-state index contributed by atoms with van der Waals surface area (Å²) in [5.41, 5.74) is 2.63. The molecule has 1 aliphatic rings. The number of pyridine rings is 1. The molecule has 2 atom stereocenters. The first-order chi connectivity index (χ1) is 13.5. The minimum Gasteiger partial charge on any atom is -0.347 e. The largest absolute Gasteiger partial charge is 0.347 e. The van der Waals surface area contributed by atoms with E-state index in [0.717, 1.165) is 16.5 Å². The fraction of sp³-hybridized carbons (Fsp3) is 0.286. The van der Waals surface area contributed by atoms with Gasteiger partial charge in [-0.1, -0.05) is 24.3 Å². The molecular weight excluding hydrogens is 372 g/mol. The molecule has 4 rings (SSSR count). The molecule has 1 fully saturated rings. The van der Waals surface area contributed by atoms with Crippen molar-refractivity contribution in [3.05, 3.63) is 66.1 Å². The molecule has 6 nitrogen and oxygen atoms in total. The lowest BCUT2D eigenvalue weighted by Crippen LogP contribution is -2.34. The number of ketones is 1. The number of likely N-dealkylation sites (N-methyl/N-ethyl adjacent to an activating group) is 1. The van der Waals surface area contributed by atoms with Crippen LogP contribution in [0, 0.1) is 0 Å². The van der Waals surface area contributed by atoms with E-state index in [1.165, 1.54) is 0 Å². The first kappa shape index (κ1) is 18.7. The van der Waals surface area contributed by atoms with E-state index < -0.39 is 0 Å². The van der Waals surface area contributed by atoms with Gasteiger partial charge in [0.05, 0.1) is 11.4 Å². The van der Waals surface area contributed by atoms with E-state index in [2.05, 4.69) is 10.3 Å². The Kier molecular flexibility index (Phi) is 5.19. The molecule has 28 heavy (non-hydrogen) atoms. The summed E-state index contributed by atoms with van der Waals surface area (Å²) in [6.07, 6.45) is 5.39. The van der Waals surface area contributed by atoms with Gasteiger partial charge in [0.1, 0.15) is 6.54 Å². The highest BCUT2D eigenvalue weighted by atomic mass is 32.2. The molecule has 2 aromatic heterocycles. The first-order valence-electron chi connectivity index (χ1n) is 9.14. The van der Waals surface area contributed by atoms with Gasteiger partial charge in [0.2, 0.25) is 5.91 Å². The number of carbonyl (C=O) groups excluding carboxylic acids is 2. The average molecular weight is 395 g/mol. The minimum atomic E-state index is -0.265. The molecule has 1 N–H and O–H groups in total. The monoisotopic (exact) mass is 394 g/mol. The van der Waals surface area contributed by atoms with Crippen LogP contribution in [-0.4, -0.2) is 52.0 Å². The molecule has 3 heterocycles. The van der Waals surface area contributed by atoms with Crippen LogP contribution in [0.25, 0.3) is 10.9 Å². The van der Waals surface area contributed by atoms with Crippen LogP contribution in [0.1, 0.15) is 21.3 Å². The van der Waals surface area contributed by atoms with Crippen molar-refractivity contribution in [1.29, 1.82) is 0 Å². The van der Waals surface area contributed by atoms with E-state index in [1.807, 2.05) is 53.4 Å². The van der Waals surface area contributed by atoms with E-state index in [4.69, 9.17) is 0 Å². The van der Waals surface area contributed by atoms with Crippen molar-refractivity contribution in [2.24, 2.45) is 0 Å². The van der Waals surface area contributed by atoms with E-state index in [0.29, 0.717) is 11.3 Å². The lowest BCUT2D eigenvalue weighted by molar-refractivity contribution is -0.129. The highest BCUT2D eigenvalue weighted by molar-refractivity contribution is 7.99. The summed E-state index contributed by atoms with van der Waals surface area (Å²) < 4.78 is 1.87. The molecule has 1 amide bonds. The Bertz CT molecular complexity index is 1020. The van der Waals surface area contributed by atoms with E-state index in [9.17, 15) is 9.59 Å². The third kappa shape index (κ3) is 3.55. The van der Waals surface area contributed by atoms with Crippen molar-refractivity contribution >= 4 is 34.4 Å². The Morgan fingerprint density at radius 2 is 2.07 bits per heavy atom. The van der Waals surface area contributed by atoms with Crippen LogP contribution in [0.3, 0.4) is 0 Å².